The number of hydrogen-bond acceptors (Lipinski definition) is 7. The molecule has 0 saturated carbocycles. The summed E-state index contributed by atoms with van der Waals surface area (Å²) in [4.78, 5) is 24.2. The van der Waals surface area contributed by atoms with E-state index in [0.29, 0.717) is 18.1 Å². The molecule has 39 heavy (non-hydrogen) atoms. The highest BCUT2D eigenvalue weighted by Crippen LogP contribution is 2.27. The van der Waals surface area contributed by atoms with E-state index in [-0.39, 0.29) is 6.61 Å². The van der Waals surface area contributed by atoms with E-state index in [0.717, 1.165) is 49.4 Å². The summed E-state index contributed by atoms with van der Waals surface area (Å²) in [6.45, 7) is 5.36. The van der Waals surface area contributed by atoms with Crippen LogP contribution in [0, 0.1) is 0 Å². The van der Waals surface area contributed by atoms with Crippen LogP contribution in [0.2, 0.25) is 0 Å². The lowest BCUT2D eigenvalue weighted by Crippen LogP contribution is -2.43. The molecule has 1 atom stereocenters. The lowest BCUT2D eigenvalue weighted by molar-refractivity contribution is 0.0842. The second-order valence-electron chi connectivity index (χ2n) is 10.1. The average Bonchev–Trinajstić information content (AvgIpc) is 3.47. The van der Waals surface area contributed by atoms with E-state index in [9.17, 15) is 4.79 Å². The van der Waals surface area contributed by atoms with Gasteiger partial charge in [-0.1, -0.05) is 84.0 Å². The largest absolute Gasteiger partial charge is 0.445 e. The Balaban J connectivity index is 1.32. The van der Waals surface area contributed by atoms with Crippen LogP contribution in [-0.4, -0.2) is 71.2 Å². The summed E-state index contributed by atoms with van der Waals surface area (Å²) in [7, 11) is 3.87. The summed E-state index contributed by atoms with van der Waals surface area (Å²) >= 11 is 0. The highest BCUT2D eigenvalue weighted by atomic mass is 16.6. The molecule has 2 heterocycles. The molecular formula is C31H35N5O3. The van der Waals surface area contributed by atoms with Crippen LogP contribution in [0.25, 0.3) is 11.4 Å². The van der Waals surface area contributed by atoms with Crippen LogP contribution in [0.5, 0.6) is 0 Å². The van der Waals surface area contributed by atoms with E-state index >= 15 is 0 Å². The molecule has 8 nitrogen and oxygen atoms in total. The minimum atomic E-state index is -0.481. The number of likely N-dealkylation sites (N-methyl/N-ethyl adjacent to an activating group) is 2. The van der Waals surface area contributed by atoms with Crippen molar-refractivity contribution in [2.45, 2.75) is 25.6 Å². The molecule has 0 N–H and O–H groups in total. The van der Waals surface area contributed by atoms with Crippen molar-refractivity contribution >= 4 is 6.09 Å². The van der Waals surface area contributed by atoms with Gasteiger partial charge >= 0.3 is 6.09 Å². The maximum atomic E-state index is 13.1. The molecule has 0 spiro atoms. The van der Waals surface area contributed by atoms with Crippen molar-refractivity contribution in [1.82, 2.24) is 24.8 Å². The number of carbonyl (C=O) groups is 1. The van der Waals surface area contributed by atoms with Crippen molar-refractivity contribution in [2.24, 2.45) is 0 Å². The zero-order valence-corrected chi connectivity index (χ0v) is 22.6. The number of rotatable bonds is 9. The summed E-state index contributed by atoms with van der Waals surface area (Å²) in [5, 5.41) is 4.30. The average molecular weight is 526 g/mol. The first kappa shape index (κ1) is 26.6. The van der Waals surface area contributed by atoms with Crippen molar-refractivity contribution in [2.75, 3.05) is 40.3 Å². The Morgan fingerprint density at radius 3 is 2.31 bits per heavy atom. The molecule has 3 aromatic carbocycles. The SMILES string of the molecule is CN1CCN(Cc2cccc(-c3noc([C@H](Cc4ccccc4)N(C)C(=O)OCc4ccccc4)n3)c2)CC1. The van der Waals surface area contributed by atoms with E-state index in [2.05, 4.69) is 34.1 Å². The fourth-order valence-electron chi connectivity index (χ4n) is 4.74. The summed E-state index contributed by atoms with van der Waals surface area (Å²) in [6, 6.07) is 27.4. The molecule has 1 aliphatic heterocycles. The Hall–Kier alpha value is -4.01. The van der Waals surface area contributed by atoms with Gasteiger partial charge in [-0.05, 0) is 29.8 Å². The first-order valence-corrected chi connectivity index (χ1v) is 13.4. The van der Waals surface area contributed by atoms with E-state index in [4.69, 9.17) is 14.2 Å². The Morgan fingerprint density at radius 2 is 1.59 bits per heavy atom. The molecule has 1 amide bonds. The highest BCUT2D eigenvalue weighted by molar-refractivity contribution is 5.68. The van der Waals surface area contributed by atoms with Gasteiger partial charge in [0.05, 0.1) is 0 Å². The van der Waals surface area contributed by atoms with Gasteiger partial charge < -0.3 is 14.2 Å². The quantitative estimate of drug-likeness (QED) is 0.303. The molecular weight excluding hydrogens is 490 g/mol. The van der Waals surface area contributed by atoms with E-state index < -0.39 is 12.1 Å². The van der Waals surface area contributed by atoms with Crippen molar-refractivity contribution in [1.29, 1.82) is 0 Å². The summed E-state index contributed by atoms with van der Waals surface area (Å²) < 4.78 is 11.4. The van der Waals surface area contributed by atoms with E-state index in [1.54, 1.807) is 7.05 Å². The smallest absolute Gasteiger partial charge is 0.410 e. The maximum absolute atomic E-state index is 13.1. The predicted octanol–water partition coefficient (Wildman–Crippen LogP) is 5.04. The molecule has 5 rings (SSSR count). The van der Waals surface area contributed by atoms with Crippen LogP contribution in [0.15, 0.2) is 89.5 Å². The molecule has 4 aromatic rings. The summed E-state index contributed by atoms with van der Waals surface area (Å²) in [6.07, 6.45) is 0.0665. The van der Waals surface area contributed by atoms with Gasteiger partial charge in [-0.3, -0.25) is 9.80 Å². The fourth-order valence-corrected chi connectivity index (χ4v) is 4.74. The third-order valence-corrected chi connectivity index (χ3v) is 7.15. The Bertz CT molecular complexity index is 1340. The number of aromatic nitrogens is 2. The number of ether oxygens (including phenoxy) is 1. The topological polar surface area (TPSA) is 74.9 Å². The van der Waals surface area contributed by atoms with Gasteiger partial charge in [-0.15, -0.1) is 0 Å². The summed E-state index contributed by atoms with van der Waals surface area (Å²) in [5.74, 6) is 0.881. The number of amides is 1. The van der Waals surface area contributed by atoms with Gasteiger partial charge in [0.25, 0.3) is 0 Å². The lowest BCUT2D eigenvalue weighted by atomic mass is 10.0. The maximum Gasteiger partial charge on any atom is 0.410 e. The molecule has 0 unspecified atom stereocenters. The number of benzene rings is 3. The third kappa shape index (κ3) is 7.10. The van der Waals surface area contributed by atoms with Crippen LogP contribution in [0.1, 0.15) is 28.6 Å². The minimum Gasteiger partial charge on any atom is -0.445 e. The first-order chi connectivity index (χ1) is 19.0. The zero-order valence-electron chi connectivity index (χ0n) is 22.6. The highest BCUT2D eigenvalue weighted by Gasteiger charge is 2.29. The number of piperazine rings is 1. The minimum absolute atomic E-state index is 0.192. The van der Waals surface area contributed by atoms with Crippen molar-refractivity contribution in [3.8, 4) is 11.4 Å². The number of hydrogen-bond donors (Lipinski definition) is 0. The van der Waals surface area contributed by atoms with Gasteiger partial charge in [0.15, 0.2) is 0 Å². The van der Waals surface area contributed by atoms with Crippen molar-refractivity contribution in [3.63, 3.8) is 0 Å². The van der Waals surface area contributed by atoms with Gasteiger partial charge in [-0.2, -0.15) is 4.98 Å². The lowest BCUT2D eigenvalue weighted by Gasteiger charge is -2.32. The van der Waals surface area contributed by atoms with E-state index in [1.807, 2.05) is 72.8 Å². The van der Waals surface area contributed by atoms with Crippen LogP contribution in [-0.2, 0) is 24.3 Å². The third-order valence-electron chi connectivity index (χ3n) is 7.15. The van der Waals surface area contributed by atoms with Gasteiger partial charge in [0.2, 0.25) is 11.7 Å². The first-order valence-electron chi connectivity index (χ1n) is 13.4. The molecule has 1 aliphatic rings. The Morgan fingerprint density at radius 1 is 0.923 bits per heavy atom. The Kier molecular flexibility index (Phi) is 8.65. The molecule has 8 heteroatoms. The van der Waals surface area contributed by atoms with Crippen LogP contribution >= 0.6 is 0 Å². The van der Waals surface area contributed by atoms with Gasteiger partial charge in [-0.25, -0.2) is 4.79 Å². The van der Waals surface area contributed by atoms with Crippen LogP contribution in [0.4, 0.5) is 4.79 Å². The second kappa shape index (κ2) is 12.7. The normalized spacial score (nSPS) is 15.1. The molecule has 202 valence electrons. The fraction of sp³-hybridized carbons (Fsp3) is 0.323. The molecule has 0 aliphatic carbocycles. The van der Waals surface area contributed by atoms with Crippen molar-refractivity contribution < 1.29 is 14.1 Å². The molecule has 0 bridgehead atoms. The molecule has 1 fully saturated rings. The van der Waals surface area contributed by atoms with Gasteiger partial charge in [0.1, 0.15) is 12.6 Å². The molecule has 1 aromatic heterocycles. The molecule has 1 saturated heterocycles. The predicted molar refractivity (Wildman–Crippen MR) is 150 cm³/mol. The zero-order chi connectivity index (χ0) is 27.0. The van der Waals surface area contributed by atoms with E-state index in [1.165, 1.54) is 10.5 Å². The van der Waals surface area contributed by atoms with Gasteiger partial charge in [0, 0.05) is 51.8 Å². The standard InChI is InChI=1S/C31H35N5O3/c1-34-16-18-36(19-17-34)22-26-14-9-15-27(20-26)29-32-30(39-33-29)28(21-24-10-5-3-6-11-24)35(2)31(37)38-23-25-12-7-4-8-13-25/h3-15,20,28H,16-19,21-23H2,1-2H3/t28-/m0/s1. The second-order valence-corrected chi connectivity index (χ2v) is 10.1. The van der Waals surface area contributed by atoms with Crippen molar-refractivity contribution in [3.05, 3.63) is 108 Å². The number of carbonyl (C=O) groups excluding carboxylic acids is 1. The number of nitrogens with zero attached hydrogens (tertiary/aromatic N) is 5. The van der Waals surface area contributed by atoms with Crippen LogP contribution < -0.4 is 0 Å². The monoisotopic (exact) mass is 525 g/mol. The van der Waals surface area contributed by atoms with Crippen LogP contribution in [0.3, 0.4) is 0 Å². The Labute approximate surface area is 229 Å². The summed E-state index contributed by atoms with van der Waals surface area (Å²) in [5.41, 5.74) is 4.09. The molecule has 0 radical (unpaired) electrons.